The van der Waals surface area contributed by atoms with Crippen LogP contribution in [0.2, 0.25) is 0 Å². The standard InChI is InChI=1S/C16H27NO/c1-13(2)9-11-18-12-10-17-16-7-5-15(6-8-16)14(3)4/h5-8,13-14,17H,9-12H2,1-4H3. The Hall–Kier alpha value is -1.02. The van der Waals surface area contributed by atoms with Crippen molar-refractivity contribution in [3.8, 4) is 0 Å². The Balaban J connectivity index is 2.15. The van der Waals surface area contributed by atoms with Gasteiger partial charge in [-0.05, 0) is 36.0 Å². The van der Waals surface area contributed by atoms with Crippen LogP contribution in [-0.2, 0) is 4.74 Å². The van der Waals surface area contributed by atoms with Crippen LogP contribution in [0.25, 0.3) is 0 Å². The van der Waals surface area contributed by atoms with E-state index >= 15 is 0 Å². The minimum atomic E-state index is 0.596. The molecule has 102 valence electrons. The van der Waals surface area contributed by atoms with E-state index in [1.54, 1.807) is 0 Å². The summed E-state index contributed by atoms with van der Waals surface area (Å²) in [7, 11) is 0. The molecule has 2 heteroatoms. The molecule has 0 unspecified atom stereocenters. The highest BCUT2D eigenvalue weighted by atomic mass is 16.5. The highest BCUT2D eigenvalue weighted by molar-refractivity contribution is 5.45. The first kappa shape index (κ1) is 15.0. The van der Waals surface area contributed by atoms with Gasteiger partial charge in [0.05, 0.1) is 6.61 Å². The van der Waals surface area contributed by atoms with Gasteiger partial charge in [0.15, 0.2) is 0 Å². The number of rotatable bonds is 8. The van der Waals surface area contributed by atoms with Crippen LogP contribution in [0.15, 0.2) is 24.3 Å². The molecule has 0 radical (unpaired) electrons. The lowest BCUT2D eigenvalue weighted by molar-refractivity contribution is 0.132. The molecule has 1 N–H and O–H groups in total. The second-order valence-electron chi connectivity index (χ2n) is 5.50. The number of benzene rings is 1. The van der Waals surface area contributed by atoms with Gasteiger partial charge in [-0.25, -0.2) is 0 Å². The summed E-state index contributed by atoms with van der Waals surface area (Å²) in [6.07, 6.45) is 1.14. The third-order valence-electron chi connectivity index (χ3n) is 2.99. The predicted molar refractivity (Wildman–Crippen MR) is 79.3 cm³/mol. The summed E-state index contributed by atoms with van der Waals surface area (Å²) >= 11 is 0. The molecule has 0 amide bonds. The molecule has 0 aromatic heterocycles. The molecule has 0 heterocycles. The van der Waals surface area contributed by atoms with E-state index in [0.717, 1.165) is 32.1 Å². The summed E-state index contributed by atoms with van der Waals surface area (Å²) in [5, 5.41) is 3.37. The first-order valence-corrected chi connectivity index (χ1v) is 7.01. The van der Waals surface area contributed by atoms with Crippen molar-refractivity contribution < 1.29 is 4.74 Å². The molecule has 0 spiro atoms. The lowest BCUT2D eigenvalue weighted by atomic mass is 10.0. The number of hydrogen-bond donors (Lipinski definition) is 1. The Morgan fingerprint density at radius 3 is 2.22 bits per heavy atom. The Kier molecular flexibility index (Phi) is 6.81. The second kappa shape index (κ2) is 8.15. The Morgan fingerprint density at radius 1 is 1.00 bits per heavy atom. The largest absolute Gasteiger partial charge is 0.383 e. The quantitative estimate of drug-likeness (QED) is 0.694. The zero-order valence-corrected chi connectivity index (χ0v) is 12.2. The molecule has 1 aromatic carbocycles. The molecule has 0 aliphatic heterocycles. The lowest BCUT2D eigenvalue weighted by Gasteiger charge is -2.10. The number of nitrogens with one attached hydrogen (secondary N) is 1. The fraction of sp³-hybridized carbons (Fsp3) is 0.625. The van der Waals surface area contributed by atoms with Crippen LogP contribution in [0.3, 0.4) is 0 Å². The summed E-state index contributed by atoms with van der Waals surface area (Å²) in [5.74, 6) is 1.32. The van der Waals surface area contributed by atoms with Gasteiger partial charge in [0.2, 0.25) is 0 Å². The Morgan fingerprint density at radius 2 is 1.67 bits per heavy atom. The summed E-state index contributed by atoms with van der Waals surface area (Å²) < 4.78 is 5.57. The van der Waals surface area contributed by atoms with Gasteiger partial charge in [0, 0.05) is 18.8 Å². The van der Waals surface area contributed by atoms with Crippen LogP contribution in [-0.4, -0.2) is 19.8 Å². The maximum Gasteiger partial charge on any atom is 0.0639 e. The van der Waals surface area contributed by atoms with Crippen molar-refractivity contribution in [2.75, 3.05) is 25.1 Å². The van der Waals surface area contributed by atoms with E-state index in [0.29, 0.717) is 5.92 Å². The molecule has 2 nitrogen and oxygen atoms in total. The second-order valence-corrected chi connectivity index (χ2v) is 5.50. The summed E-state index contributed by atoms with van der Waals surface area (Å²) in [6.45, 7) is 11.4. The van der Waals surface area contributed by atoms with Crippen LogP contribution in [0.1, 0.15) is 45.6 Å². The van der Waals surface area contributed by atoms with Crippen molar-refractivity contribution in [2.24, 2.45) is 5.92 Å². The zero-order valence-electron chi connectivity index (χ0n) is 12.2. The third kappa shape index (κ3) is 6.06. The minimum Gasteiger partial charge on any atom is -0.383 e. The normalized spacial score (nSPS) is 11.2. The van der Waals surface area contributed by atoms with Crippen LogP contribution < -0.4 is 5.32 Å². The van der Waals surface area contributed by atoms with Crippen LogP contribution >= 0.6 is 0 Å². The number of hydrogen-bond acceptors (Lipinski definition) is 2. The van der Waals surface area contributed by atoms with Gasteiger partial charge in [-0.2, -0.15) is 0 Å². The van der Waals surface area contributed by atoms with Crippen molar-refractivity contribution in [1.82, 2.24) is 0 Å². The lowest BCUT2D eigenvalue weighted by Crippen LogP contribution is -2.10. The first-order valence-electron chi connectivity index (χ1n) is 7.01. The van der Waals surface area contributed by atoms with Gasteiger partial charge in [-0.15, -0.1) is 0 Å². The average Bonchev–Trinajstić information content (AvgIpc) is 2.34. The molecule has 1 rings (SSSR count). The molecule has 0 saturated carbocycles. The molecule has 0 bridgehead atoms. The molecular weight excluding hydrogens is 222 g/mol. The Bertz CT molecular complexity index is 316. The SMILES string of the molecule is CC(C)CCOCCNc1ccc(C(C)C)cc1. The highest BCUT2D eigenvalue weighted by Crippen LogP contribution is 2.16. The third-order valence-corrected chi connectivity index (χ3v) is 2.99. The fourth-order valence-corrected chi connectivity index (χ4v) is 1.67. The highest BCUT2D eigenvalue weighted by Gasteiger charge is 1.98. The van der Waals surface area contributed by atoms with Crippen LogP contribution in [0, 0.1) is 5.92 Å². The summed E-state index contributed by atoms with van der Waals surface area (Å²) in [5.41, 5.74) is 2.56. The van der Waals surface area contributed by atoms with Crippen molar-refractivity contribution in [2.45, 2.75) is 40.0 Å². The van der Waals surface area contributed by atoms with E-state index in [1.165, 1.54) is 11.3 Å². The van der Waals surface area contributed by atoms with Gasteiger partial charge in [-0.1, -0.05) is 39.8 Å². The minimum absolute atomic E-state index is 0.596. The maximum absolute atomic E-state index is 5.57. The van der Waals surface area contributed by atoms with Crippen molar-refractivity contribution in [1.29, 1.82) is 0 Å². The average molecular weight is 249 g/mol. The van der Waals surface area contributed by atoms with Gasteiger partial charge in [0.25, 0.3) is 0 Å². The van der Waals surface area contributed by atoms with E-state index < -0.39 is 0 Å². The number of anilines is 1. The van der Waals surface area contributed by atoms with Gasteiger partial charge >= 0.3 is 0 Å². The molecule has 0 aliphatic rings. The summed E-state index contributed by atoms with van der Waals surface area (Å²) in [6, 6.07) is 8.66. The summed E-state index contributed by atoms with van der Waals surface area (Å²) in [4.78, 5) is 0. The smallest absolute Gasteiger partial charge is 0.0639 e. The maximum atomic E-state index is 5.57. The molecule has 0 atom stereocenters. The van der Waals surface area contributed by atoms with Crippen molar-refractivity contribution in [3.63, 3.8) is 0 Å². The number of ether oxygens (including phenoxy) is 1. The van der Waals surface area contributed by atoms with E-state index in [2.05, 4.69) is 57.3 Å². The Labute approximate surface area is 112 Å². The van der Waals surface area contributed by atoms with Gasteiger partial charge in [-0.3, -0.25) is 0 Å². The molecule has 1 aromatic rings. The molecule has 0 fully saturated rings. The fourth-order valence-electron chi connectivity index (χ4n) is 1.67. The first-order chi connectivity index (χ1) is 8.59. The predicted octanol–water partition coefficient (Wildman–Crippen LogP) is 4.28. The van der Waals surface area contributed by atoms with Crippen LogP contribution in [0.4, 0.5) is 5.69 Å². The monoisotopic (exact) mass is 249 g/mol. The van der Waals surface area contributed by atoms with E-state index in [9.17, 15) is 0 Å². The van der Waals surface area contributed by atoms with Crippen LogP contribution in [0.5, 0.6) is 0 Å². The van der Waals surface area contributed by atoms with Crippen molar-refractivity contribution >= 4 is 5.69 Å². The zero-order chi connectivity index (χ0) is 13.4. The van der Waals surface area contributed by atoms with Gasteiger partial charge in [0.1, 0.15) is 0 Å². The van der Waals surface area contributed by atoms with Crippen molar-refractivity contribution in [3.05, 3.63) is 29.8 Å². The molecule has 18 heavy (non-hydrogen) atoms. The molecule has 0 aliphatic carbocycles. The van der Waals surface area contributed by atoms with E-state index in [1.807, 2.05) is 0 Å². The van der Waals surface area contributed by atoms with E-state index in [-0.39, 0.29) is 0 Å². The molecule has 0 saturated heterocycles. The van der Waals surface area contributed by atoms with E-state index in [4.69, 9.17) is 4.74 Å². The molecular formula is C16H27NO. The topological polar surface area (TPSA) is 21.3 Å². The van der Waals surface area contributed by atoms with Gasteiger partial charge < -0.3 is 10.1 Å².